The minimum absolute atomic E-state index is 0.153. The van der Waals surface area contributed by atoms with Crippen molar-refractivity contribution in [2.45, 2.75) is 19.8 Å². The monoisotopic (exact) mass is 346 g/mol. The molecule has 0 heterocycles. The second-order valence-corrected chi connectivity index (χ2v) is 5.07. The molecule has 0 aliphatic rings. The van der Waals surface area contributed by atoms with Crippen molar-refractivity contribution in [3.8, 4) is 11.5 Å². The fourth-order valence-corrected chi connectivity index (χ4v) is 2.22. The van der Waals surface area contributed by atoms with Gasteiger partial charge in [-0.3, -0.25) is 9.59 Å². The third-order valence-corrected chi connectivity index (χ3v) is 3.29. The third-order valence-electron chi connectivity index (χ3n) is 3.29. The van der Waals surface area contributed by atoms with E-state index in [0.717, 1.165) is 0 Å². The van der Waals surface area contributed by atoms with E-state index in [0.29, 0.717) is 17.1 Å². The quantitative estimate of drug-likeness (QED) is 0.563. The van der Waals surface area contributed by atoms with Crippen molar-refractivity contribution in [2.24, 2.45) is 0 Å². The molecule has 0 amide bonds. The summed E-state index contributed by atoms with van der Waals surface area (Å²) in [6.07, 6.45) is 0. The summed E-state index contributed by atoms with van der Waals surface area (Å²) in [7, 11) is 0. The molecule has 0 radical (unpaired) electrons. The molecule has 0 saturated heterocycles. The van der Waals surface area contributed by atoms with Crippen LogP contribution in [0.25, 0.3) is 0 Å². The zero-order chi connectivity index (χ0) is 18.2. The van der Waals surface area contributed by atoms with E-state index < -0.39 is 17.9 Å². The van der Waals surface area contributed by atoms with Crippen LogP contribution in [0.15, 0.2) is 48.5 Å². The third kappa shape index (κ3) is 5.04. The molecule has 0 aliphatic carbocycles. The van der Waals surface area contributed by atoms with Gasteiger partial charge >= 0.3 is 11.9 Å². The molecule has 0 aliphatic heterocycles. The smallest absolute Gasteiger partial charge is 0.324 e. The Morgan fingerprint density at radius 3 is 2.08 bits per heavy atom. The number of rotatable bonds is 7. The molecule has 132 valence electrons. The SMILES string of the molecule is CCOC(=O)C(C(=O)OCC)c1cccc(Oc2ccc(F)cc2)c1. The summed E-state index contributed by atoms with van der Waals surface area (Å²) in [5.74, 6) is -2.08. The zero-order valence-corrected chi connectivity index (χ0v) is 14.0. The maximum absolute atomic E-state index is 13.0. The molecule has 25 heavy (non-hydrogen) atoms. The Hall–Kier alpha value is -2.89. The number of carbonyl (C=O) groups is 2. The zero-order valence-electron chi connectivity index (χ0n) is 14.0. The van der Waals surface area contributed by atoms with Crippen molar-refractivity contribution < 1.29 is 28.2 Å². The fraction of sp³-hybridized carbons (Fsp3) is 0.263. The highest BCUT2D eigenvalue weighted by Crippen LogP contribution is 2.27. The lowest BCUT2D eigenvalue weighted by molar-refractivity contribution is -0.156. The molecule has 0 atom stereocenters. The van der Waals surface area contributed by atoms with Crippen molar-refractivity contribution in [3.05, 3.63) is 59.9 Å². The van der Waals surface area contributed by atoms with Gasteiger partial charge in [0.2, 0.25) is 0 Å². The number of esters is 2. The fourth-order valence-electron chi connectivity index (χ4n) is 2.22. The highest BCUT2D eigenvalue weighted by Gasteiger charge is 2.31. The van der Waals surface area contributed by atoms with Crippen molar-refractivity contribution >= 4 is 11.9 Å². The van der Waals surface area contributed by atoms with E-state index in [1.165, 1.54) is 24.3 Å². The molecule has 2 aromatic carbocycles. The molecule has 6 heteroatoms. The van der Waals surface area contributed by atoms with Gasteiger partial charge in [-0.25, -0.2) is 4.39 Å². The first-order valence-electron chi connectivity index (χ1n) is 7.91. The van der Waals surface area contributed by atoms with Gasteiger partial charge in [0.15, 0.2) is 5.92 Å². The van der Waals surface area contributed by atoms with Gasteiger partial charge in [-0.1, -0.05) is 12.1 Å². The number of hydrogen-bond donors (Lipinski definition) is 0. The average Bonchev–Trinajstić information content (AvgIpc) is 2.58. The average molecular weight is 346 g/mol. The number of benzene rings is 2. The minimum Gasteiger partial charge on any atom is -0.465 e. The van der Waals surface area contributed by atoms with Crippen molar-refractivity contribution in [3.63, 3.8) is 0 Å². The maximum Gasteiger partial charge on any atom is 0.324 e. The van der Waals surface area contributed by atoms with Crippen molar-refractivity contribution in [1.82, 2.24) is 0 Å². The number of halogens is 1. The van der Waals surface area contributed by atoms with E-state index in [4.69, 9.17) is 14.2 Å². The summed E-state index contributed by atoms with van der Waals surface area (Å²) in [5, 5.41) is 0. The normalized spacial score (nSPS) is 10.4. The Balaban J connectivity index is 2.27. The predicted molar refractivity (Wildman–Crippen MR) is 88.9 cm³/mol. The van der Waals surface area contributed by atoms with E-state index in [9.17, 15) is 14.0 Å². The van der Waals surface area contributed by atoms with Gasteiger partial charge in [0.1, 0.15) is 17.3 Å². The van der Waals surface area contributed by atoms with Crippen LogP contribution in [-0.4, -0.2) is 25.2 Å². The first-order chi connectivity index (χ1) is 12.0. The van der Waals surface area contributed by atoms with Gasteiger partial charge in [-0.15, -0.1) is 0 Å². The maximum atomic E-state index is 13.0. The predicted octanol–water partition coefficient (Wildman–Crippen LogP) is 3.83. The van der Waals surface area contributed by atoms with Crippen LogP contribution in [0.4, 0.5) is 4.39 Å². The van der Waals surface area contributed by atoms with Crippen LogP contribution in [0.5, 0.6) is 11.5 Å². The highest BCUT2D eigenvalue weighted by molar-refractivity contribution is 6.00. The minimum atomic E-state index is -1.18. The first kappa shape index (κ1) is 18.4. The van der Waals surface area contributed by atoms with Crippen LogP contribution in [0.3, 0.4) is 0 Å². The van der Waals surface area contributed by atoms with Gasteiger partial charge in [0.05, 0.1) is 13.2 Å². The largest absolute Gasteiger partial charge is 0.465 e. The highest BCUT2D eigenvalue weighted by atomic mass is 19.1. The summed E-state index contributed by atoms with van der Waals surface area (Å²) in [4.78, 5) is 24.3. The molecule has 0 aromatic heterocycles. The van der Waals surface area contributed by atoms with E-state index in [2.05, 4.69) is 0 Å². The van der Waals surface area contributed by atoms with Crippen LogP contribution in [0.2, 0.25) is 0 Å². The summed E-state index contributed by atoms with van der Waals surface area (Å²) in [5.41, 5.74) is 0.400. The van der Waals surface area contributed by atoms with E-state index in [1.807, 2.05) is 0 Å². The Morgan fingerprint density at radius 1 is 0.920 bits per heavy atom. The first-order valence-corrected chi connectivity index (χ1v) is 7.91. The van der Waals surface area contributed by atoms with E-state index >= 15 is 0 Å². The number of hydrogen-bond acceptors (Lipinski definition) is 5. The molecule has 2 aromatic rings. The van der Waals surface area contributed by atoms with E-state index in [1.54, 1.807) is 38.1 Å². The molecule has 0 bridgehead atoms. The van der Waals surface area contributed by atoms with Crippen LogP contribution in [-0.2, 0) is 19.1 Å². The summed E-state index contributed by atoms with van der Waals surface area (Å²) in [6.45, 7) is 3.63. The molecular formula is C19H19FO5. The second-order valence-electron chi connectivity index (χ2n) is 5.07. The molecule has 0 unspecified atom stereocenters. The molecule has 5 nitrogen and oxygen atoms in total. The summed E-state index contributed by atoms with van der Waals surface area (Å²) >= 11 is 0. The molecule has 0 spiro atoms. The van der Waals surface area contributed by atoms with Crippen LogP contribution < -0.4 is 4.74 Å². The van der Waals surface area contributed by atoms with Crippen LogP contribution >= 0.6 is 0 Å². The van der Waals surface area contributed by atoms with Crippen molar-refractivity contribution in [2.75, 3.05) is 13.2 Å². The lowest BCUT2D eigenvalue weighted by Crippen LogP contribution is -2.26. The van der Waals surface area contributed by atoms with Crippen LogP contribution in [0.1, 0.15) is 25.3 Å². The molecule has 0 saturated carbocycles. The summed E-state index contributed by atoms with van der Waals surface area (Å²) < 4.78 is 28.5. The van der Waals surface area contributed by atoms with Gasteiger partial charge in [-0.05, 0) is 55.8 Å². The number of carbonyl (C=O) groups excluding carboxylic acids is 2. The standard InChI is InChI=1S/C19H19FO5/c1-3-23-18(21)17(19(22)24-4-2)13-6-5-7-16(12-13)25-15-10-8-14(20)9-11-15/h5-12,17H,3-4H2,1-2H3. The van der Waals surface area contributed by atoms with Crippen molar-refractivity contribution in [1.29, 1.82) is 0 Å². The second kappa shape index (κ2) is 8.82. The number of ether oxygens (including phenoxy) is 3. The van der Waals surface area contributed by atoms with Gasteiger partial charge in [0.25, 0.3) is 0 Å². The van der Waals surface area contributed by atoms with Crippen LogP contribution in [0, 0.1) is 5.82 Å². The topological polar surface area (TPSA) is 61.8 Å². The Morgan fingerprint density at radius 2 is 1.52 bits per heavy atom. The lowest BCUT2D eigenvalue weighted by Gasteiger charge is -2.15. The molecule has 0 fully saturated rings. The summed E-state index contributed by atoms with van der Waals surface area (Å²) in [6, 6.07) is 12.0. The molecule has 2 rings (SSSR count). The molecular weight excluding hydrogens is 327 g/mol. The van der Waals surface area contributed by atoms with E-state index in [-0.39, 0.29) is 19.0 Å². The Bertz CT molecular complexity index is 709. The van der Waals surface area contributed by atoms with Gasteiger partial charge in [0, 0.05) is 0 Å². The van der Waals surface area contributed by atoms with Gasteiger partial charge in [-0.2, -0.15) is 0 Å². The van der Waals surface area contributed by atoms with Gasteiger partial charge < -0.3 is 14.2 Å². The lowest BCUT2D eigenvalue weighted by atomic mass is 9.99. The Kier molecular flexibility index (Phi) is 6.51. The molecule has 0 N–H and O–H groups in total. The Labute approximate surface area is 145 Å².